The van der Waals surface area contributed by atoms with Crippen molar-refractivity contribution in [3.05, 3.63) is 48.6 Å². The summed E-state index contributed by atoms with van der Waals surface area (Å²) in [7, 11) is 0. The summed E-state index contributed by atoms with van der Waals surface area (Å²) in [4.78, 5) is 24.5. The minimum absolute atomic E-state index is 0.0389. The predicted molar refractivity (Wildman–Crippen MR) is 269 cm³/mol. The summed E-state index contributed by atoms with van der Waals surface area (Å²) < 4.78 is 5.44. The van der Waals surface area contributed by atoms with Crippen molar-refractivity contribution in [2.75, 3.05) is 13.2 Å². The highest BCUT2D eigenvalue weighted by molar-refractivity contribution is 5.76. The SMILES string of the molecule is CCCCC/C=C\C/C=C\CCCCCCCC(=O)OCCCCC/C=C\CCCCCCCC(=O)NC(CO)C(O)/C=C/CCCCCCCCCCCCCCCCCC. The van der Waals surface area contributed by atoms with Gasteiger partial charge in [0.05, 0.1) is 25.4 Å². The minimum atomic E-state index is -0.862. The molecule has 0 aromatic rings. The minimum Gasteiger partial charge on any atom is -0.466 e. The van der Waals surface area contributed by atoms with Crippen molar-refractivity contribution < 1.29 is 24.5 Å². The van der Waals surface area contributed by atoms with E-state index in [1.54, 1.807) is 6.08 Å². The number of esters is 1. The number of aliphatic hydroxyl groups excluding tert-OH is 2. The van der Waals surface area contributed by atoms with Crippen LogP contribution < -0.4 is 5.32 Å². The molecule has 0 aliphatic carbocycles. The largest absolute Gasteiger partial charge is 0.466 e. The molecule has 1 amide bonds. The number of aliphatic hydroxyl groups is 2. The van der Waals surface area contributed by atoms with Crippen LogP contribution in [0.2, 0.25) is 0 Å². The van der Waals surface area contributed by atoms with Gasteiger partial charge in [-0.05, 0) is 96.3 Å². The zero-order valence-corrected chi connectivity index (χ0v) is 41.1. The van der Waals surface area contributed by atoms with Crippen molar-refractivity contribution in [1.82, 2.24) is 5.32 Å². The molecule has 6 heteroatoms. The second-order valence-electron chi connectivity index (χ2n) is 18.2. The summed E-state index contributed by atoms with van der Waals surface area (Å²) in [6.07, 6.45) is 64.0. The summed E-state index contributed by atoms with van der Waals surface area (Å²) >= 11 is 0. The third kappa shape index (κ3) is 47.3. The number of amides is 1. The Morgan fingerprint density at radius 2 is 0.806 bits per heavy atom. The van der Waals surface area contributed by atoms with Crippen LogP contribution in [0.5, 0.6) is 0 Å². The van der Waals surface area contributed by atoms with Crippen LogP contribution in [0.25, 0.3) is 0 Å². The third-order valence-electron chi connectivity index (χ3n) is 12.1. The van der Waals surface area contributed by atoms with E-state index in [0.29, 0.717) is 19.4 Å². The lowest BCUT2D eigenvalue weighted by atomic mass is 10.0. The fourth-order valence-corrected chi connectivity index (χ4v) is 7.89. The van der Waals surface area contributed by atoms with Gasteiger partial charge in [-0.25, -0.2) is 0 Å². The molecule has 0 fully saturated rings. The molecule has 62 heavy (non-hydrogen) atoms. The third-order valence-corrected chi connectivity index (χ3v) is 12.1. The first kappa shape index (κ1) is 59.8. The van der Waals surface area contributed by atoms with Crippen LogP contribution in [0.3, 0.4) is 0 Å². The number of carbonyl (C=O) groups is 2. The molecule has 2 unspecified atom stereocenters. The van der Waals surface area contributed by atoms with Gasteiger partial charge in [0.1, 0.15) is 0 Å². The number of ether oxygens (including phenoxy) is 1. The maximum Gasteiger partial charge on any atom is 0.305 e. The molecule has 0 aromatic carbocycles. The average Bonchev–Trinajstić information content (AvgIpc) is 3.27. The van der Waals surface area contributed by atoms with Crippen LogP contribution in [0, 0.1) is 0 Å². The van der Waals surface area contributed by atoms with Crippen molar-refractivity contribution in [1.29, 1.82) is 0 Å². The number of carbonyl (C=O) groups excluding carboxylic acids is 2. The molecule has 3 N–H and O–H groups in total. The summed E-state index contributed by atoms with van der Waals surface area (Å²) in [5.41, 5.74) is 0. The fourth-order valence-electron chi connectivity index (χ4n) is 7.89. The highest BCUT2D eigenvalue weighted by Gasteiger charge is 2.18. The van der Waals surface area contributed by atoms with Gasteiger partial charge in [-0.2, -0.15) is 0 Å². The van der Waals surface area contributed by atoms with Crippen molar-refractivity contribution in [3.63, 3.8) is 0 Å². The molecule has 0 aliphatic rings. The lowest BCUT2D eigenvalue weighted by molar-refractivity contribution is -0.143. The number of hydrogen-bond acceptors (Lipinski definition) is 5. The molecule has 0 spiro atoms. The molecule has 0 saturated heterocycles. The van der Waals surface area contributed by atoms with E-state index in [-0.39, 0.29) is 18.5 Å². The Balaban J connectivity index is 3.56. The summed E-state index contributed by atoms with van der Waals surface area (Å²) in [6.45, 7) is 4.81. The van der Waals surface area contributed by atoms with E-state index in [2.05, 4.69) is 55.6 Å². The molecule has 0 aliphatic heterocycles. The van der Waals surface area contributed by atoms with Gasteiger partial charge < -0.3 is 20.3 Å². The van der Waals surface area contributed by atoms with E-state index in [0.717, 1.165) is 103 Å². The molecule has 0 radical (unpaired) electrons. The van der Waals surface area contributed by atoms with Crippen LogP contribution in [-0.2, 0) is 14.3 Å². The number of unbranched alkanes of at least 4 members (excludes halogenated alkanes) is 32. The Morgan fingerprint density at radius 3 is 1.27 bits per heavy atom. The van der Waals surface area contributed by atoms with Gasteiger partial charge >= 0.3 is 5.97 Å². The Hall–Kier alpha value is -2.18. The van der Waals surface area contributed by atoms with Gasteiger partial charge in [0.15, 0.2) is 0 Å². The molecule has 2 atom stereocenters. The second-order valence-corrected chi connectivity index (χ2v) is 18.2. The summed E-state index contributed by atoms with van der Waals surface area (Å²) in [5.74, 6) is -0.134. The van der Waals surface area contributed by atoms with E-state index in [1.807, 2.05) is 6.08 Å². The van der Waals surface area contributed by atoms with Crippen LogP contribution >= 0.6 is 0 Å². The monoisotopic (exact) mass is 870 g/mol. The van der Waals surface area contributed by atoms with Crippen LogP contribution in [0.15, 0.2) is 48.6 Å². The maximum absolute atomic E-state index is 12.4. The van der Waals surface area contributed by atoms with Gasteiger partial charge in [0.25, 0.3) is 0 Å². The van der Waals surface area contributed by atoms with Crippen molar-refractivity contribution >= 4 is 11.9 Å². The Labute approximate surface area is 385 Å². The van der Waals surface area contributed by atoms with E-state index < -0.39 is 12.1 Å². The first-order valence-electron chi connectivity index (χ1n) is 26.9. The van der Waals surface area contributed by atoms with E-state index >= 15 is 0 Å². The summed E-state index contributed by atoms with van der Waals surface area (Å²) in [5, 5.41) is 23.1. The topological polar surface area (TPSA) is 95.9 Å². The van der Waals surface area contributed by atoms with E-state index in [9.17, 15) is 19.8 Å². The lowest BCUT2D eigenvalue weighted by Crippen LogP contribution is -2.45. The Morgan fingerprint density at radius 1 is 0.452 bits per heavy atom. The standard InChI is InChI=1S/C56H103NO5/c1-3-5-7-9-11-13-15-17-19-20-21-23-24-28-32-36-40-44-48-54(59)53(52-58)57-55(60)49-45-41-37-33-29-26-27-31-35-39-43-47-51-62-56(61)50-46-42-38-34-30-25-22-18-16-14-12-10-8-6-4-2/h12,14,18,22,27,31,44,48,53-54,58-59H,3-11,13,15-17,19-21,23-26,28-30,32-43,45-47,49-52H2,1-2H3,(H,57,60)/b14-12-,22-18-,31-27-,48-44+. The average molecular weight is 870 g/mol. The normalized spacial score (nSPS) is 13.0. The van der Waals surface area contributed by atoms with Crippen LogP contribution in [-0.4, -0.2) is 47.4 Å². The maximum atomic E-state index is 12.4. The Bertz CT molecular complexity index is 1050. The van der Waals surface area contributed by atoms with Gasteiger partial charge in [-0.1, -0.05) is 210 Å². The molecule has 0 heterocycles. The highest BCUT2D eigenvalue weighted by Crippen LogP contribution is 2.15. The molecule has 0 saturated carbocycles. The van der Waals surface area contributed by atoms with Crippen LogP contribution in [0.1, 0.15) is 271 Å². The molecule has 362 valence electrons. The second kappa shape index (κ2) is 51.5. The van der Waals surface area contributed by atoms with E-state index in [4.69, 9.17) is 4.74 Å². The predicted octanol–water partition coefficient (Wildman–Crippen LogP) is 16.2. The number of rotatable bonds is 49. The van der Waals surface area contributed by atoms with Gasteiger partial charge in [-0.3, -0.25) is 9.59 Å². The van der Waals surface area contributed by atoms with Crippen molar-refractivity contribution in [3.8, 4) is 0 Å². The molecular weight excluding hydrogens is 767 g/mol. The van der Waals surface area contributed by atoms with E-state index in [1.165, 1.54) is 141 Å². The molecule has 6 nitrogen and oxygen atoms in total. The summed E-state index contributed by atoms with van der Waals surface area (Å²) in [6, 6.07) is -0.648. The number of nitrogens with one attached hydrogen (secondary N) is 1. The zero-order chi connectivity index (χ0) is 45.1. The Kier molecular flexibility index (Phi) is 49.6. The quantitative estimate of drug-likeness (QED) is 0.0322. The lowest BCUT2D eigenvalue weighted by Gasteiger charge is -2.20. The zero-order valence-electron chi connectivity index (χ0n) is 41.1. The van der Waals surface area contributed by atoms with Crippen molar-refractivity contribution in [2.24, 2.45) is 0 Å². The number of hydrogen-bond donors (Lipinski definition) is 3. The fraction of sp³-hybridized carbons (Fsp3) is 0.821. The smallest absolute Gasteiger partial charge is 0.305 e. The van der Waals surface area contributed by atoms with Gasteiger partial charge in [0, 0.05) is 12.8 Å². The first-order valence-corrected chi connectivity index (χ1v) is 26.9. The molecule has 0 bridgehead atoms. The highest BCUT2D eigenvalue weighted by atomic mass is 16.5. The van der Waals surface area contributed by atoms with Crippen molar-refractivity contribution in [2.45, 2.75) is 283 Å². The first-order chi connectivity index (χ1) is 30.5. The molecular formula is C56H103NO5. The van der Waals surface area contributed by atoms with Crippen LogP contribution in [0.4, 0.5) is 0 Å². The molecule has 0 aromatic heterocycles. The molecule has 0 rings (SSSR count). The number of allylic oxidation sites excluding steroid dienone is 7. The van der Waals surface area contributed by atoms with Gasteiger partial charge in [0.2, 0.25) is 5.91 Å². The van der Waals surface area contributed by atoms with Gasteiger partial charge in [-0.15, -0.1) is 0 Å².